The maximum Gasteiger partial charge on any atom is 0.410 e. The molecule has 0 spiro atoms. The topological polar surface area (TPSA) is 63.7 Å². The van der Waals surface area contributed by atoms with E-state index >= 15 is 0 Å². The Labute approximate surface area is 135 Å². The van der Waals surface area contributed by atoms with Gasteiger partial charge in [-0.1, -0.05) is 11.6 Å². The number of nitrogens with one attached hydrogen (secondary N) is 1. The predicted octanol–water partition coefficient (Wildman–Crippen LogP) is 2.62. The molecule has 1 aromatic heterocycles. The highest BCUT2D eigenvalue weighted by atomic mass is 35.5. The van der Waals surface area contributed by atoms with Crippen molar-refractivity contribution >= 4 is 17.7 Å². The van der Waals surface area contributed by atoms with Gasteiger partial charge < -0.3 is 19.7 Å². The minimum Gasteiger partial charge on any atom is -0.496 e. The van der Waals surface area contributed by atoms with Crippen LogP contribution in [0.15, 0.2) is 12.3 Å². The highest BCUT2D eigenvalue weighted by Crippen LogP contribution is 2.32. The number of halogens is 1. The molecule has 2 heterocycles. The van der Waals surface area contributed by atoms with Crippen molar-refractivity contribution in [2.24, 2.45) is 0 Å². The number of hydrogen-bond acceptors (Lipinski definition) is 5. The summed E-state index contributed by atoms with van der Waals surface area (Å²) < 4.78 is 10.8. The lowest BCUT2D eigenvalue weighted by Gasteiger charge is -2.35. The van der Waals surface area contributed by atoms with E-state index in [9.17, 15) is 4.79 Å². The average Bonchev–Trinajstić information content (AvgIpc) is 2.45. The molecule has 0 saturated carbocycles. The molecule has 1 amide bonds. The van der Waals surface area contributed by atoms with Crippen molar-refractivity contribution in [3.63, 3.8) is 0 Å². The largest absolute Gasteiger partial charge is 0.496 e. The van der Waals surface area contributed by atoms with Crippen molar-refractivity contribution in [2.45, 2.75) is 32.4 Å². The lowest BCUT2D eigenvalue weighted by Crippen LogP contribution is -2.49. The third-order valence-electron chi connectivity index (χ3n) is 3.30. The number of carbonyl (C=O) groups excluding carboxylic acids is 1. The molecule has 22 heavy (non-hydrogen) atoms. The molecule has 0 radical (unpaired) electrons. The number of pyridine rings is 1. The minimum absolute atomic E-state index is 0.141. The van der Waals surface area contributed by atoms with Gasteiger partial charge in [0.25, 0.3) is 0 Å². The van der Waals surface area contributed by atoms with Gasteiger partial charge in [0.2, 0.25) is 0 Å². The molecule has 2 rings (SSSR count). The fraction of sp³-hybridized carbons (Fsp3) is 0.600. The highest BCUT2D eigenvalue weighted by Gasteiger charge is 2.30. The van der Waals surface area contributed by atoms with Crippen LogP contribution in [-0.4, -0.2) is 48.3 Å². The van der Waals surface area contributed by atoms with Gasteiger partial charge in [-0.05, 0) is 26.8 Å². The Balaban J connectivity index is 2.16. The molecule has 0 aromatic carbocycles. The number of ether oxygens (including phenoxy) is 2. The van der Waals surface area contributed by atoms with Crippen molar-refractivity contribution in [1.29, 1.82) is 0 Å². The normalized spacial score (nSPS) is 19.0. The molecular weight excluding hydrogens is 306 g/mol. The van der Waals surface area contributed by atoms with E-state index < -0.39 is 5.60 Å². The Bertz CT molecular complexity index is 545. The molecule has 1 aromatic rings. The summed E-state index contributed by atoms with van der Waals surface area (Å²) in [6.45, 7) is 7.25. The van der Waals surface area contributed by atoms with Crippen LogP contribution < -0.4 is 10.1 Å². The van der Waals surface area contributed by atoms with Crippen LogP contribution in [0.1, 0.15) is 32.4 Å². The Morgan fingerprint density at radius 1 is 1.50 bits per heavy atom. The number of rotatable bonds is 2. The standard InChI is InChI=1S/C15H22ClN3O3/c1-15(2,3)22-14(20)19-8-7-17-10(9-19)12-11(21-4)5-6-18-13(12)16/h5-6,10,17H,7-9H2,1-4H3. The van der Waals surface area contributed by atoms with Crippen LogP contribution >= 0.6 is 11.6 Å². The number of nitrogens with zero attached hydrogens (tertiary/aromatic N) is 2. The lowest BCUT2D eigenvalue weighted by molar-refractivity contribution is 0.0194. The molecule has 1 N–H and O–H groups in total. The van der Waals surface area contributed by atoms with Crippen molar-refractivity contribution in [1.82, 2.24) is 15.2 Å². The van der Waals surface area contributed by atoms with E-state index in [1.807, 2.05) is 20.8 Å². The van der Waals surface area contributed by atoms with Gasteiger partial charge in [0.1, 0.15) is 16.5 Å². The highest BCUT2D eigenvalue weighted by molar-refractivity contribution is 6.30. The Hall–Kier alpha value is -1.53. The van der Waals surface area contributed by atoms with Crippen molar-refractivity contribution in [3.8, 4) is 5.75 Å². The van der Waals surface area contributed by atoms with E-state index in [0.717, 1.165) is 5.56 Å². The Kier molecular flexibility index (Phi) is 5.13. The summed E-state index contributed by atoms with van der Waals surface area (Å²) in [7, 11) is 1.59. The first-order valence-corrected chi connectivity index (χ1v) is 7.59. The van der Waals surface area contributed by atoms with Gasteiger partial charge in [0, 0.05) is 25.8 Å². The summed E-state index contributed by atoms with van der Waals surface area (Å²) in [5, 5.41) is 3.72. The quantitative estimate of drug-likeness (QED) is 0.846. The summed E-state index contributed by atoms with van der Waals surface area (Å²) in [6, 6.07) is 1.62. The van der Waals surface area contributed by atoms with Gasteiger partial charge in [-0.25, -0.2) is 9.78 Å². The summed E-state index contributed by atoms with van der Waals surface area (Å²) in [5.41, 5.74) is 0.251. The number of amides is 1. The van der Waals surface area contributed by atoms with Crippen LogP contribution in [0.25, 0.3) is 0 Å². The van der Waals surface area contributed by atoms with Crippen LogP contribution in [0.4, 0.5) is 4.79 Å². The first-order valence-electron chi connectivity index (χ1n) is 7.21. The van der Waals surface area contributed by atoms with Gasteiger partial charge in [-0.2, -0.15) is 0 Å². The minimum atomic E-state index is -0.513. The first-order chi connectivity index (χ1) is 10.3. The fourth-order valence-electron chi connectivity index (χ4n) is 2.36. The summed E-state index contributed by atoms with van der Waals surface area (Å²) in [4.78, 5) is 18.0. The summed E-state index contributed by atoms with van der Waals surface area (Å²) in [5.74, 6) is 0.656. The van der Waals surface area contributed by atoms with Crippen LogP contribution in [-0.2, 0) is 4.74 Å². The number of aromatic nitrogens is 1. The molecule has 1 unspecified atom stereocenters. The number of piperazine rings is 1. The van der Waals surface area contributed by atoms with Crippen molar-refractivity contribution in [3.05, 3.63) is 23.0 Å². The maximum atomic E-state index is 12.2. The van der Waals surface area contributed by atoms with Crippen LogP contribution in [0.5, 0.6) is 5.75 Å². The SMILES string of the molecule is COc1ccnc(Cl)c1C1CN(C(=O)OC(C)(C)C)CCN1. The van der Waals surface area contributed by atoms with Crippen LogP contribution in [0.3, 0.4) is 0 Å². The van der Waals surface area contributed by atoms with Crippen LogP contribution in [0, 0.1) is 0 Å². The molecule has 0 aliphatic carbocycles. The Morgan fingerprint density at radius 3 is 2.86 bits per heavy atom. The van der Waals surface area contributed by atoms with Gasteiger partial charge >= 0.3 is 6.09 Å². The zero-order chi connectivity index (χ0) is 16.3. The molecule has 0 bridgehead atoms. The first kappa shape index (κ1) is 16.8. The lowest BCUT2D eigenvalue weighted by atomic mass is 10.1. The van der Waals surface area contributed by atoms with E-state index in [2.05, 4.69) is 10.3 Å². The third-order valence-corrected chi connectivity index (χ3v) is 3.60. The second kappa shape index (κ2) is 6.71. The molecule has 1 saturated heterocycles. The molecule has 1 aliphatic heterocycles. The monoisotopic (exact) mass is 327 g/mol. The number of carbonyl (C=O) groups is 1. The Morgan fingerprint density at radius 2 is 2.23 bits per heavy atom. The molecule has 7 heteroatoms. The molecule has 6 nitrogen and oxygen atoms in total. The van der Waals surface area contributed by atoms with E-state index in [1.54, 1.807) is 24.3 Å². The van der Waals surface area contributed by atoms with E-state index in [-0.39, 0.29) is 12.1 Å². The number of hydrogen-bond donors (Lipinski definition) is 1. The molecule has 1 atom stereocenters. The van der Waals surface area contributed by atoms with E-state index in [1.165, 1.54) is 0 Å². The smallest absolute Gasteiger partial charge is 0.410 e. The van der Waals surface area contributed by atoms with Gasteiger partial charge in [-0.3, -0.25) is 0 Å². The fourth-order valence-corrected chi connectivity index (χ4v) is 2.64. The van der Waals surface area contributed by atoms with Gasteiger partial charge in [0.15, 0.2) is 0 Å². The summed E-state index contributed by atoms with van der Waals surface area (Å²) >= 11 is 6.21. The number of methoxy groups -OCH3 is 1. The van der Waals surface area contributed by atoms with Crippen molar-refractivity contribution in [2.75, 3.05) is 26.7 Å². The van der Waals surface area contributed by atoms with Gasteiger partial charge in [0.05, 0.1) is 18.7 Å². The van der Waals surface area contributed by atoms with Crippen molar-refractivity contribution < 1.29 is 14.3 Å². The van der Waals surface area contributed by atoms with Gasteiger partial charge in [-0.15, -0.1) is 0 Å². The second-order valence-electron chi connectivity index (χ2n) is 6.15. The molecular formula is C15H22ClN3O3. The van der Waals surface area contributed by atoms with E-state index in [0.29, 0.717) is 30.5 Å². The predicted molar refractivity (Wildman–Crippen MR) is 84.3 cm³/mol. The van der Waals surface area contributed by atoms with Crippen LogP contribution in [0.2, 0.25) is 5.15 Å². The maximum absolute atomic E-state index is 12.2. The average molecular weight is 328 g/mol. The van der Waals surface area contributed by atoms with E-state index in [4.69, 9.17) is 21.1 Å². The second-order valence-corrected chi connectivity index (χ2v) is 6.51. The molecule has 1 fully saturated rings. The molecule has 122 valence electrons. The molecule has 1 aliphatic rings. The summed E-state index contributed by atoms with van der Waals surface area (Å²) in [6.07, 6.45) is 1.28. The zero-order valence-electron chi connectivity index (χ0n) is 13.4. The zero-order valence-corrected chi connectivity index (χ0v) is 14.1. The third kappa shape index (κ3) is 4.01.